The molecule has 80 valence electrons. The zero-order valence-corrected chi connectivity index (χ0v) is 8.04. The summed E-state index contributed by atoms with van der Waals surface area (Å²) in [6.07, 6.45) is 1.06. The lowest BCUT2D eigenvalue weighted by molar-refractivity contribution is -0.113. The second-order valence-corrected chi connectivity index (χ2v) is 2.36. The molecule has 1 aromatic carbocycles. The summed E-state index contributed by atoms with van der Waals surface area (Å²) >= 11 is 0. The van der Waals surface area contributed by atoms with E-state index in [1.165, 1.54) is 0 Å². The van der Waals surface area contributed by atoms with E-state index in [0.29, 0.717) is 5.75 Å². The Balaban J connectivity index is 0.000000336. The number of rotatable bonds is 3. The first-order valence-electron chi connectivity index (χ1n) is 4.06. The summed E-state index contributed by atoms with van der Waals surface area (Å²) < 4.78 is 4.53. The van der Waals surface area contributed by atoms with Gasteiger partial charge in [0.05, 0.1) is 0 Å². The molecule has 0 aliphatic rings. The predicted octanol–water partition coefficient (Wildman–Crippen LogP) is -0.307. The Bertz CT molecular complexity index is 302. The van der Waals surface area contributed by atoms with Gasteiger partial charge in [-0.25, -0.2) is 0 Å². The number of benzene rings is 1. The van der Waals surface area contributed by atoms with Gasteiger partial charge in [-0.2, -0.15) is 0 Å². The van der Waals surface area contributed by atoms with Gasteiger partial charge in [0.25, 0.3) is 0 Å². The standard InChI is InChI=1S/C6H7BO3.C3H5NO/c8-7(9)10-6-4-2-1-3-5-6;1-2-3(4)5/h1-5,8-9H;2H,1H2,(H2,4,5). The van der Waals surface area contributed by atoms with Crippen molar-refractivity contribution in [3.8, 4) is 5.75 Å². The Kier molecular flexibility index (Phi) is 6.70. The normalized spacial score (nSPS) is 8.13. The van der Waals surface area contributed by atoms with Gasteiger partial charge in [-0.05, 0) is 18.2 Å². The zero-order chi connectivity index (χ0) is 11.7. The summed E-state index contributed by atoms with van der Waals surface area (Å²) in [5, 5.41) is 16.7. The summed E-state index contributed by atoms with van der Waals surface area (Å²) in [6, 6.07) is 8.59. The maximum atomic E-state index is 9.47. The third kappa shape index (κ3) is 8.54. The second-order valence-electron chi connectivity index (χ2n) is 2.36. The molecule has 0 atom stereocenters. The highest BCUT2D eigenvalue weighted by atomic mass is 16.6. The summed E-state index contributed by atoms with van der Waals surface area (Å²) in [6.45, 7) is 3.09. The van der Waals surface area contributed by atoms with E-state index in [0.717, 1.165) is 6.08 Å². The van der Waals surface area contributed by atoms with E-state index in [1.807, 2.05) is 6.07 Å². The van der Waals surface area contributed by atoms with Crippen LogP contribution in [0.15, 0.2) is 43.0 Å². The minimum atomic E-state index is -1.73. The van der Waals surface area contributed by atoms with Crippen molar-refractivity contribution in [1.82, 2.24) is 0 Å². The Morgan fingerprint density at radius 1 is 1.40 bits per heavy atom. The topological polar surface area (TPSA) is 92.8 Å². The first kappa shape index (κ1) is 13.2. The van der Waals surface area contributed by atoms with E-state index < -0.39 is 13.2 Å². The Hall–Kier alpha value is -1.79. The Labute approximate surface area is 88.0 Å². The lowest BCUT2D eigenvalue weighted by Gasteiger charge is -2.01. The van der Waals surface area contributed by atoms with Gasteiger partial charge >= 0.3 is 7.32 Å². The molecule has 6 heteroatoms. The minimum absolute atomic E-state index is 0.442. The number of primary amides is 1. The molecule has 0 spiro atoms. The van der Waals surface area contributed by atoms with Crippen molar-refractivity contribution in [2.75, 3.05) is 0 Å². The molecular formula is C9H12BNO4. The number of hydrogen-bond donors (Lipinski definition) is 3. The SMILES string of the molecule is C=CC(N)=O.OB(O)Oc1ccccc1. The molecule has 0 saturated carbocycles. The van der Waals surface area contributed by atoms with Crippen LogP contribution in [0.4, 0.5) is 0 Å². The van der Waals surface area contributed by atoms with Crippen LogP contribution in [0.3, 0.4) is 0 Å². The second kappa shape index (κ2) is 7.60. The number of amides is 1. The molecule has 0 fully saturated rings. The summed E-state index contributed by atoms with van der Waals surface area (Å²) in [4.78, 5) is 9.47. The molecule has 0 bridgehead atoms. The molecule has 1 aromatic rings. The molecule has 0 aliphatic carbocycles. The fourth-order valence-electron chi connectivity index (χ4n) is 0.621. The van der Waals surface area contributed by atoms with Crippen LogP contribution in [0.1, 0.15) is 0 Å². The molecular weight excluding hydrogens is 197 g/mol. The third-order valence-corrected chi connectivity index (χ3v) is 1.19. The maximum Gasteiger partial charge on any atom is 0.707 e. The number of carbonyl (C=O) groups excluding carboxylic acids is 1. The van der Waals surface area contributed by atoms with Gasteiger partial charge < -0.3 is 20.4 Å². The van der Waals surface area contributed by atoms with Crippen molar-refractivity contribution >= 4 is 13.2 Å². The molecule has 15 heavy (non-hydrogen) atoms. The molecule has 5 nitrogen and oxygen atoms in total. The van der Waals surface area contributed by atoms with E-state index in [2.05, 4.69) is 17.0 Å². The first-order valence-corrected chi connectivity index (χ1v) is 4.06. The minimum Gasteiger partial charge on any atom is -0.512 e. The van der Waals surface area contributed by atoms with Gasteiger partial charge in [0.2, 0.25) is 5.91 Å². The van der Waals surface area contributed by atoms with Gasteiger partial charge in [0, 0.05) is 0 Å². The Morgan fingerprint density at radius 3 is 2.20 bits per heavy atom. The van der Waals surface area contributed by atoms with Crippen molar-refractivity contribution < 1.29 is 19.5 Å². The van der Waals surface area contributed by atoms with E-state index in [-0.39, 0.29) is 0 Å². The van der Waals surface area contributed by atoms with E-state index >= 15 is 0 Å². The summed E-state index contributed by atoms with van der Waals surface area (Å²) in [7, 11) is -1.73. The highest BCUT2D eigenvalue weighted by Crippen LogP contribution is 2.07. The highest BCUT2D eigenvalue weighted by molar-refractivity contribution is 6.33. The fraction of sp³-hybridized carbons (Fsp3) is 0. The zero-order valence-electron chi connectivity index (χ0n) is 8.04. The van der Waals surface area contributed by atoms with Crippen LogP contribution >= 0.6 is 0 Å². The lowest BCUT2D eigenvalue weighted by atomic mass is 10.2. The van der Waals surface area contributed by atoms with Gasteiger partial charge in [-0.15, -0.1) is 0 Å². The number of carbonyl (C=O) groups is 1. The van der Waals surface area contributed by atoms with Crippen molar-refractivity contribution in [2.45, 2.75) is 0 Å². The van der Waals surface area contributed by atoms with Crippen molar-refractivity contribution in [3.63, 3.8) is 0 Å². The summed E-state index contributed by atoms with van der Waals surface area (Å²) in [5.41, 5.74) is 4.53. The fourth-order valence-corrected chi connectivity index (χ4v) is 0.621. The van der Waals surface area contributed by atoms with E-state index in [1.54, 1.807) is 24.3 Å². The van der Waals surface area contributed by atoms with Crippen molar-refractivity contribution in [1.29, 1.82) is 0 Å². The van der Waals surface area contributed by atoms with Crippen LogP contribution in [-0.4, -0.2) is 23.3 Å². The first-order chi connectivity index (χ1) is 7.06. The molecule has 0 radical (unpaired) electrons. The van der Waals surface area contributed by atoms with Crippen LogP contribution < -0.4 is 10.4 Å². The molecule has 0 aliphatic heterocycles. The van der Waals surface area contributed by atoms with Crippen LogP contribution in [0.5, 0.6) is 5.75 Å². The van der Waals surface area contributed by atoms with Crippen LogP contribution in [0, 0.1) is 0 Å². The Morgan fingerprint density at radius 2 is 1.87 bits per heavy atom. The summed E-state index contributed by atoms with van der Waals surface area (Å²) in [5.74, 6) is -0.0394. The average Bonchev–Trinajstić information content (AvgIpc) is 2.19. The predicted molar refractivity (Wildman–Crippen MR) is 56.7 cm³/mol. The average molecular weight is 209 g/mol. The maximum absolute atomic E-state index is 9.47. The molecule has 1 rings (SSSR count). The van der Waals surface area contributed by atoms with Gasteiger partial charge in [0.15, 0.2) is 0 Å². The molecule has 0 heterocycles. The van der Waals surface area contributed by atoms with E-state index in [4.69, 9.17) is 10.0 Å². The van der Waals surface area contributed by atoms with Gasteiger partial charge in [-0.3, -0.25) is 4.79 Å². The molecule has 0 saturated heterocycles. The lowest BCUT2D eigenvalue weighted by Crippen LogP contribution is -2.20. The highest BCUT2D eigenvalue weighted by Gasteiger charge is 2.09. The van der Waals surface area contributed by atoms with Crippen molar-refractivity contribution in [2.24, 2.45) is 5.73 Å². The van der Waals surface area contributed by atoms with Crippen LogP contribution in [0.2, 0.25) is 0 Å². The molecule has 1 amide bonds. The third-order valence-electron chi connectivity index (χ3n) is 1.19. The molecule has 0 aromatic heterocycles. The molecule has 4 N–H and O–H groups in total. The van der Waals surface area contributed by atoms with Crippen LogP contribution in [-0.2, 0) is 4.79 Å². The smallest absolute Gasteiger partial charge is 0.512 e. The van der Waals surface area contributed by atoms with Gasteiger partial charge in [-0.1, -0.05) is 24.8 Å². The molecule has 0 unspecified atom stereocenters. The number of para-hydroxylation sites is 1. The number of hydrogen-bond acceptors (Lipinski definition) is 4. The van der Waals surface area contributed by atoms with Crippen LogP contribution in [0.25, 0.3) is 0 Å². The number of nitrogens with two attached hydrogens (primary N) is 1. The van der Waals surface area contributed by atoms with Crippen molar-refractivity contribution in [3.05, 3.63) is 43.0 Å². The van der Waals surface area contributed by atoms with E-state index in [9.17, 15) is 4.79 Å². The quantitative estimate of drug-likeness (QED) is 0.470. The van der Waals surface area contributed by atoms with Gasteiger partial charge in [0.1, 0.15) is 5.75 Å². The largest absolute Gasteiger partial charge is 0.707 e. The monoisotopic (exact) mass is 209 g/mol.